The van der Waals surface area contributed by atoms with Crippen LogP contribution in [0.5, 0.6) is 0 Å². The molecule has 0 amide bonds. The molecule has 4 heteroatoms. The minimum Gasteiger partial charge on any atom is -0.336 e. The maximum atomic E-state index is 5.98. The van der Waals surface area contributed by atoms with Gasteiger partial charge in [0.1, 0.15) is 0 Å². The Balaban J connectivity index is 2.04. The molecular formula is C16H22N2O2. The molecule has 0 radical (unpaired) electrons. The van der Waals surface area contributed by atoms with Crippen LogP contribution in [0.15, 0.2) is 35.5 Å². The fourth-order valence-electron chi connectivity index (χ4n) is 3.20. The highest BCUT2D eigenvalue weighted by Gasteiger charge is 2.78. The molecule has 1 fully saturated rings. The van der Waals surface area contributed by atoms with Crippen molar-refractivity contribution in [2.45, 2.75) is 46.1 Å². The van der Waals surface area contributed by atoms with Crippen molar-refractivity contribution in [1.29, 1.82) is 0 Å². The fraction of sp³-hybridized carbons (Fsp3) is 0.562. The lowest BCUT2D eigenvalue weighted by Gasteiger charge is -2.68. The third kappa shape index (κ3) is 1.32. The van der Waals surface area contributed by atoms with Gasteiger partial charge >= 0.3 is 5.91 Å². The maximum absolute atomic E-state index is 5.98. The molecule has 1 aromatic carbocycles. The van der Waals surface area contributed by atoms with E-state index in [1.807, 2.05) is 37.3 Å². The lowest BCUT2D eigenvalue weighted by Crippen LogP contribution is -2.83. The topological polar surface area (TPSA) is 34.1 Å². The van der Waals surface area contributed by atoms with Gasteiger partial charge in [0.15, 0.2) is 5.84 Å². The highest BCUT2D eigenvalue weighted by Crippen LogP contribution is 2.62. The van der Waals surface area contributed by atoms with Crippen molar-refractivity contribution in [2.75, 3.05) is 6.61 Å². The number of fused-ring (bicyclic) bond motifs is 1. The summed E-state index contributed by atoms with van der Waals surface area (Å²) in [5.41, 5.74) is 0.807. The van der Waals surface area contributed by atoms with Crippen LogP contribution >= 0.6 is 0 Å². The summed E-state index contributed by atoms with van der Waals surface area (Å²) in [6.07, 6.45) is 0. The Morgan fingerprint density at radius 2 is 1.80 bits per heavy atom. The summed E-state index contributed by atoms with van der Waals surface area (Å²) >= 11 is 0. The Hall–Kier alpha value is -1.55. The molecule has 1 atom stereocenters. The number of ether oxygens (including phenoxy) is 1. The monoisotopic (exact) mass is 274 g/mol. The van der Waals surface area contributed by atoms with Gasteiger partial charge in [0.05, 0.1) is 17.6 Å². The fourth-order valence-corrected chi connectivity index (χ4v) is 3.20. The lowest BCUT2D eigenvalue weighted by molar-refractivity contribution is -0.433. The number of nitrogens with zero attached hydrogens (tertiary/aromatic N) is 2. The number of benzene rings is 1. The van der Waals surface area contributed by atoms with Gasteiger partial charge in [-0.25, -0.2) is 0 Å². The van der Waals surface area contributed by atoms with Gasteiger partial charge in [0.25, 0.3) is 0 Å². The second-order valence-corrected chi connectivity index (χ2v) is 6.41. The first kappa shape index (κ1) is 13.4. The number of rotatable bonds is 3. The van der Waals surface area contributed by atoms with Crippen molar-refractivity contribution in [1.82, 2.24) is 4.90 Å². The molecule has 1 aromatic rings. The molecule has 0 saturated carbocycles. The Bertz CT molecular complexity index is 551. The van der Waals surface area contributed by atoms with Crippen LogP contribution in [-0.2, 0) is 9.57 Å². The average Bonchev–Trinajstić information content (AvgIpc) is 2.80. The van der Waals surface area contributed by atoms with E-state index in [4.69, 9.17) is 9.57 Å². The van der Waals surface area contributed by atoms with Crippen molar-refractivity contribution < 1.29 is 9.57 Å². The molecule has 2 heterocycles. The smallest absolute Gasteiger partial charge is 0.328 e. The minimum absolute atomic E-state index is 0.0899. The van der Waals surface area contributed by atoms with E-state index in [9.17, 15) is 0 Å². The predicted octanol–water partition coefficient (Wildman–Crippen LogP) is 3.19. The molecule has 1 saturated heterocycles. The van der Waals surface area contributed by atoms with Gasteiger partial charge < -0.3 is 9.57 Å². The van der Waals surface area contributed by atoms with E-state index in [-0.39, 0.29) is 11.0 Å². The number of amidine groups is 1. The number of hydrogen-bond donors (Lipinski definition) is 0. The van der Waals surface area contributed by atoms with Gasteiger partial charge in [-0.2, -0.15) is 0 Å². The summed E-state index contributed by atoms with van der Waals surface area (Å²) in [5.74, 6) is 0.0690. The first-order chi connectivity index (χ1) is 9.38. The normalized spacial score (nSPS) is 29.2. The van der Waals surface area contributed by atoms with Crippen LogP contribution in [0.1, 0.15) is 40.2 Å². The SMILES string of the molecule is CCOC12ON=C(c3ccccc3)N1C(C)(C)C2(C)C. The maximum Gasteiger partial charge on any atom is 0.328 e. The van der Waals surface area contributed by atoms with E-state index in [1.54, 1.807) is 0 Å². The summed E-state index contributed by atoms with van der Waals surface area (Å²) in [5, 5.41) is 4.33. The van der Waals surface area contributed by atoms with Gasteiger partial charge in [-0.3, -0.25) is 4.90 Å². The van der Waals surface area contributed by atoms with Crippen molar-refractivity contribution in [3.63, 3.8) is 0 Å². The van der Waals surface area contributed by atoms with E-state index >= 15 is 0 Å². The molecule has 2 aliphatic rings. The molecule has 108 valence electrons. The van der Waals surface area contributed by atoms with Gasteiger partial charge in [-0.05, 0) is 34.6 Å². The second kappa shape index (κ2) is 3.98. The van der Waals surface area contributed by atoms with Crippen molar-refractivity contribution >= 4 is 5.84 Å². The second-order valence-electron chi connectivity index (χ2n) is 6.41. The third-order valence-electron chi connectivity index (χ3n) is 5.01. The van der Waals surface area contributed by atoms with Crippen molar-refractivity contribution in [2.24, 2.45) is 10.6 Å². The zero-order valence-electron chi connectivity index (χ0n) is 12.8. The average molecular weight is 274 g/mol. The summed E-state index contributed by atoms with van der Waals surface area (Å²) in [6, 6.07) is 10.1. The first-order valence-corrected chi connectivity index (χ1v) is 7.14. The zero-order valence-corrected chi connectivity index (χ0v) is 12.8. The summed E-state index contributed by atoms with van der Waals surface area (Å²) in [7, 11) is 0. The molecule has 4 nitrogen and oxygen atoms in total. The van der Waals surface area contributed by atoms with Gasteiger partial charge in [-0.1, -0.05) is 35.5 Å². The molecule has 0 aliphatic carbocycles. The van der Waals surface area contributed by atoms with E-state index < -0.39 is 5.91 Å². The van der Waals surface area contributed by atoms with E-state index in [0.717, 1.165) is 11.4 Å². The van der Waals surface area contributed by atoms with Crippen molar-refractivity contribution in [3.05, 3.63) is 35.9 Å². The highest BCUT2D eigenvalue weighted by molar-refractivity contribution is 6.00. The Morgan fingerprint density at radius 3 is 2.40 bits per heavy atom. The minimum atomic E-state index is -0.781. The standard InChI is InChI=1S/C16H22N2O2/c1-6-19-16-14(2,3)15(4,5)18(16)13(17-20-16)12-10-8-7-9-11-12/h7-11H,6H2,1-5H3. The van der Waals surface area contributed by atoms with E-state index in [2.05, 4.69) is 37.8 Å². The Morgan fingerprint density at radius 1 is 1.15 bits per heavy atom. The molecule has 2 aliphatic heterocycles. The molecule has 0 spiro atoms. The summed E-state index contributed by atoms with van der Waals surface area (Å²) in [6.45, 7) is 11.3. The lowest BCUT2D eigenvalue weighted by atomic mass is 9.61. The van der Waals surface area contributed by atoms with Crippen LogP contribution in [0.3, 0.4) is 0 Å². The largest absolute Gasteiger partial charge is 0.336 e. The predicted molar refractivity (Wildman–Crippen MR) is 78.1 cm³/mol. The number of hydrogen-bond acceptors (Lipinski definition) is 4. The van der Waals surface area contributed by atoms with Crippen LogP contribution in [0.2, 0.25) is 0 Å². The molecule has 0 bridgehead atoms. The number of oxime groups is 1. The molecule has 1 unspecified atom stereocenters. The Labute approximate surface area is 120 Å². The molecule has 20 heavy (non-hydrogen) atoms. The third-order valence-corrected chi connectivity index (χ3v) is 5.01. The van der Waals surface area contributed by atoms with Gasteiger partial charge in [0, 0.05) is 5.56 Å². The first-order valence-electron chi connectivity index (χ1n) is 7.14. The quantitative estimate of drug-likeness (QED) is 0.849. The summed E-state index contributed by atoms with van der Waals surface area (Å²) in [4.78, 5) is 7.96. The molecule has 0 aromatic heterocycles. The van der Waals surface area contributed by atoms with Crippen LogP contribution in [-0.4, -0.2) is 28.8 Å². The Kier molecular flexibility index (Phi) is 2.67. The van der Waals surface area contributed by atoms with Crippen LogP contribution in [0.4, 0.5) is 0 Å². The van der Waals surface area contributed by atoms with Crippen LogP contribution in [0.25, 0.3) is 0 Å². The van der Waals surface area contributed by atoms with Crippen LogP contribution in [0, 0.1) is 5.41 Å². The van der Waals surface area contributed by atoms with Crippen LogP contribution < -0.4 is 0 Å². The van der Waals surface area contributed by atoms with Gasteiger partial charge in [-0.15, -0.1) is 0 Å². The summed E-state index contributed by atoms with van der Waals surface area (Å²) < 4.78 is 5.98. The van der Waals surface area contributed by atoms with E-state index in [0.29, 0.717) is 6.61 Å². The van der Waals surface area contributed by atoms with Gasteiger partial charge in [0.2, 0.25) is 0 Å². The van der Waals surface area contributed by atoms with Crippen molar-refractivity contribution in [3.8, 4) is 0 Å². The molecule has 3 rings (SSSR count). The van der Waals surface area contributed by atoms with E-state index in [1.165, 1.54) is 0 Å². The zero-order chi connectivity index (χ0) is 14.6. The molecular weight excluding hydrogens is 252 g/mol. The highest BCUT2D eigenvalue weighted by atomic mass is 16.8. The molecule has 0 N–H and O–H groups in total.